The van der Waals surface area contributed by atoms with Crippen molar-refractivity contribution in [1.29, 1.82) is 0 Å². The molecule has 0 N–H and O–H groups in total. The van der Waals surface area contributed by atoms with Gasteiger partial charge in [-0.3, -0.25) is 0 Å². The zero-order valence-electron chi connectivity index (χ0n) is 8.35. The third-order valence-corrected chi connectivity index (χ3v) is 2.31. The predicted molar refractivity (Wildman–Crippen MR) is 60.7 cm³/mol. The van der Waals surface area contributed by atoms with Crippen LogP contribution >= 0.6 is 0 Å². The van der Waals surface area contributed by atoms with Crippen molar-refractivity contribution < 1.29 is 0 Å². The third kappa shape index (κ3) is 1.69. The average molecular weight is 186 g/mol. The maximum Gasteiger partial charge on any atom is 0.108 e. The molecule has 0 bridgehead atoms. The number of hydrogen-bond acceptors (Lipinski definition) is 2. The van der Waals surface area contributed by atoms with Gasteiger partial charge in [-0.05, 0) is 18.2 Å². The minimum atomic E-state index is 0.927. The minimum absolute atomic E-state index is 0.927. The lowest BCUT2D eigenvalue weighted by atomic mass is 10.2. The predicted octanol–water partition coefficient (Wildman–Crippen LogP) is 2.83. The Kier molecular flexibility index (Phi) is 2.63. The van der Waals surface area contributed by atoms with Gasteiger partial charge in [0.1, 0.15) is 5.84 Å². The van der Waals surface area contributed by atoms with E-state index < -0.39 is 0 Å². The smallest absolute Gasteiger partial charge is 0.108 e. The molecule has 1 aliphatic rings. The van der Waals surface area contributed by atoms with E-state index in [0.29, 0.717) is 0 Å². The first-order valence-corrected chi connectivity index (χ1v) is 4.96. The number of anilines is 1. The molecule has 0 atom stereocenters. The molecule has 1 aromatic rings. The second-order valence-electron chi connectivity index (χ2n) is 3.23. The second kappa shape index (κ2) is 4.09. The van der Waals surface area contributed by atoms with Crippen molar-refractivity contribution in [3.63, 3.8) is 0 Å². The summed E-state index contributed by atoms with van der Waals surface area (Å²) in [6.45, 7) is 3.06. The van der Waals surface area contributed by atoms with Crippen LogP contribution in [0.3, 0.4) is 0 Å². The van der Waals surface area contributed by atoms with E-state index in [4.69, 9.17) is 0 Å². The molecule has 1 heterocycles. The van der Waals surface area contributed by atoms with E-state index in [1.165, 1.54) is 5.69 Å². The zero-order valence-corrected chi connectivity index (χ0v) is 8.35. The van der Waals surface area contributed by atoms with E-state index in [9.17, 15) is 0 Å². The van der Waals surface area contributed by atoms with E-state index >= 15 is 0 Å². The van der Waals surface area contributed by atoms with Crippen LogP contribution in [0.25, 0.3) is 0 Å². The summed E-state index contributed by atoms with van der Waals surface area (Å²) in [5.74, 6) is 1.14. The highest BCUT2D eigenvalue weighted by Crippen LogP contribution is 2.17. The van der Waals surface area contributed by atoms with Gasteiger partial charge in [-0.1, -0.05) is 25.1 Å². The molecule has 1 aliphatic heterocycles. The Morgan fingerprint density at radius 3 is 2.79 bits per heavy atom. The molecule has 0 saturated carbocycles. The highest BCUT2D eigenvalue weighted by Gasteiger charge is 2.11. The molecule has 0 unspecified atom stereocenters. The highest BCUT2D eigenvalue weighted by molar-refractivity contribution is 5.98. The Morgan fingerprint density at radius 2 is 2.07 bits per heavy atom. The van der Waals surface area contributed by atoms with Crippen molar-refractivity contribution in [2.45, 2.75) is 13.3 Å². The van der Waals surface area contributed by atoms with Crippen LogP contribution in [-0.4, -0.2) is 12.4 Å². The molecule has 14 heavy (non-hydrogen) atoms. The van der Waals surface area contributed by atoms with Crippen molar-refractivity contribution in [2.24, 2.45) is 4.99 Å². The van der Waals surface area contributed by atoms with Crippen LogP contribution in [0, 0.1) is 0 Å². The van der Waals surface area contributed by atoms with Crippen molar-refractivity contribution in [1.82, 2.24) is 0 Å². The summed E-state index contributed by atoms with van der Waals surface area (Å²) in [5.41, 5.74) is 1.22. The van der Waals surface area contributed by atoms with Crippen LogP contribution in [0.1, 0.15) is 13.3 Å². The van der Waals surface area contributed by atoms with Crippen LogP contribution in [0.2, 0.25) is 0 Å². The molecule has 0 spiro atoms. The molecule has 0 amide bonds. The monoisotopic (exact) mass is 186 g/mol. The van der Waals surface area contributed by atoms with Gasteiger partial charge in [0.15, 0.2) is 0 Å². The average Bonchev–Trinajstić information content (AvgIpc) is 2.30. The summed E-state index contributed by atoms with van der Waals surface area (Å²) in [5, 5.41) is 0. The lowest BCUT2D eigenvalue weighted by molar-refractivity contribution is 1.05. The standard InChI is InChI=1S/C12H14N2/c1-2-12-13-9-6-10-14(12)11-7-4-3-5-8-11/h3-9H,2,10H2,1H3. The number of amidine groups is 1. The van der Waals surface area contributed by atoms with Crippen molar-refractivity contribution >= 4 is 11.5 Å². The van der Waals surface area contributed by atoms with Gasteiger partial charge in [-0.2, -0.15) is 0 Å². The quantitative estimate of drug-likeness (QED) is 0.693. The van der Waals surface area contributed by atoms with Gasteiger partial charge in [-0.15, -0.1) is 0 Å². The van der Waals surface area contributed by atoms with Crippen molar-refractivity contribution in [2.75, 3.05) is 11.4 Å². The molecule has 0 aromatic heterocycles. The van der Waals surface area contributed by atoms with Crippen LogP contribution in [0.15, 0.2) is 47.6 Å². The highest BCUT2D eigenvalue weighted by atomic mass is 15.2. The SMILES string of the molecule is CCC1=NC=CCN1c1ccccc1. The van der Waals surface area contributed by atoms with Crippen molar-refractivity contribution in [3.05, 3.63) is 42.6 Å². The summed E-state index contributed by atoms with van der Waals surface area (Å²) in [6, 6.07) is 10.4. The Morgan fingerprint density at radius 1 is 1.29 bits per heavy atom. The number of rotatable bonds is 2. The summed E-state index contributed by atoms with van der Waals surface area (Å²) >= 11 is 0. The first kappa shape index (κ1) is 9.00. The fourth-order valence-electron chi connectivity index (χ4n) is 1.61. The largest absolute Gasteiger partial charge is 0.326 e. The molecule has 0 aliphatic carbocycles. The maximum absolute atomic E-state index is 4.37. The fraction of sp³-hybridized carbons (Fsp3) is 0.250. The molecule has 0 radical (unpaired) electrons. The molecule has 0 saturated heterocycles. The van der Waals surface area contributed by atoms with Crippen LogP contribution < -0.4 is 4.90 Å². The molecule has 0 fully saturated rings. The first-order chi connectivity index (χ1) is 6.92. The van der Waals surface area contributed by atoms with E-state index in [0.717, 1.165) is 18.8 Å². The molecular weight excluding hydrogens is 172 g/mol. The molecule has 2 heteroatoms. The van der Waals surface area contributed by atoms with Gasteiger partial charge >= 0.3 is 0 Å². The van der Waals surface area contributed by atoms with Crippen LogP contribution in [0.5, 0.6) is 0 Å². The van der Waals surface area contributed by atoms with E-state index in [-0.39, 0.29) is 0 Å². The number of benzene rings is 1. The Bertz CT molecular complexity index is 352. The molecule has 2 nitrogen and oxygen atoms in total. The van der Waals surface area contributed by atoms with Crippen LogP contribution in [0.4, 0.5) is 5.69 Å². The summed E-state index contributed by atoms with van der Waals surface area (Å²) in [7, 11) is 0. The topological polar surface area (TPSA) is 15.6 Å². The normalized spacial score (nSPS) is 15.5. The van der Waals surface area contributed by atoms with Crippen molar-refractivity contribution in [3.8, 4) is 0 Å². The zero-order chi connectivity index (χ0) is 9.80. The second-order valence-corrected chi connectivity index (χ2v) is 3.23. The summed E-state index contributed by atoms with van der Waals surface area (Å²) < 4.78 is 0. The Labute approximate surface area is 84.6 Å². The van der Waals surface area contributed by atoms with Crippen LogP contribution in [-0.2, 0) is 0 Å². The molecular formula is C12H14N2. The Hall–Kier alpha value is -1.57. The van der Waals surface area contributed by atoms with E-state index in [1.54, 1.807) is 0 Å². The minimum Gasteiger partial charge on any atom is -0.326 e. The van der Waals surface area contributed by atoms with Gasteiger partial charge in [-0.25, -0.2) is 4.99 Å². The molecule has 1 aromatic carbocycles. The van der Waals surface area contributed by atoms with E-state index in [2.05, 4.69) is 47.2 Å². The third-order valence-electron chi connectivity index (χ3n) is 2.31. The lowest BCUT2D eigenvalue weighted by Gasteiger charge is -2.26. The first-order valence-electron chi connectivity index (χ1n) is 4.96. The summed E-state index contributed by atoms with van der Waals surface area (Å²) in [4.78, 5) is 6.60. The summed E-state index contributed by atoms with van der Waals surface area (Å²) in [6.07, 6.45) is 4.93. The Balaban J connectivity index is 2.27. The van der Waals surface area contributed by atoms with E-state index in [1.807, 2.05) is 12.3 Å². The number of para-hydroxylation sites is 1. The van der Waals surface area contributed by atoms with Gasteiger partial charge in [0.05, 0.1) is 0 Å². The van der Waals surface area contributed by atoms with Gasteiger partial charge < -0.3 is 4.90 Å². The fourth-order valence-corrected chi connectivity index (χ4v) is 1.61. The lowest BCUT2D eigenvalue weighted by Crippen LogP contribution is -2.32. The van der Waals surface area contributed by atoms with Gasteiger partial charge in [0.2, 0.25) is 0 Å². The number of hydrogen-bond donors (Lipinski definition) is 0. The van der Waals surface area contributed by atoms with Gasteiger partial charge in [0, 0.05) is 24.9 Å². The molecule has 2 rings (SSSR count). The molecule has 72 valence electrons. The van der Waals surface area contributed by atoms with Gasteiger partial charge in [0.25, 0.3) is 0 Å². The maximum atomic E-state index is 4.37. The number of nitrogens with zero attached hydrogens (tertiary/aromatic N) is 2. The number of aliphatic imine (C=N–C) groups is 1.